The van der Waals surface area contributed by atoms with Gasteiger partial charge < -0.3 is 5.32 Å². The number of nitrogens with zero attached hydrogens (tertiary/aromatic N) is 2. The Hall–Kier alpha value is -2.48. The summed E-state index contributed by atoms with van der Waals surface area (Å²) in [7, 11) is 0. The summed E-state index contributed by atoms with van der Waals surface area (Å²) in [6.45, 7) is 2.00. The second kappa shape index (κ2) is 8.90. The Balaban J connectivity index is 1.38. The van der Waals surface area contributed by atoms with Crippen LogP contribution in [0, 0.1) is 3.95 Å². The summed E-state index contributed by atoms with van der Waals surface area (Å²) in [6, 6.07) is 24.2. The van der Waals surface area contributed by atoms with Crippen molar-refractivity contribution in [2.24, 2.45) is 0 Å². The number of carbonyl (C=O) groups is 1. The van der Waals surface area contributed by atoms with Crippen LogP contribution in [0.15, 0.2) is 77.1 Å². The fourth-order valence-electron chi connectivity index (χ4n) is 3.02. The number of amides is 1. The SMILES string of the molecule is CC(NC(=O)CSc1nn(-c2ccccc2)c(=S)s1)c1ccc2ccccc2c1. The number of hydrogen-bond acceptors (Lipinski definition) is 5. The third-order valence-corrected chi connectivity index (χ3v) is 6.87. The molecule has 0 fully saturated rings. The van der Waals surface area contributed by atoms with E-state index in [-0.39, 0.29) is 11.9 Å². The third kappa shape index (κ3) is 4.75. The molecule has 1 unspecified atom stereocenters. The zero-order chi connectivity index (χ0) is 20.2. The summed E-state index contributed by atoms with van der Waals surface area (Å²) in [4.78, 5) is 12.4. The maximum atomic E-state index is 12.4. The van der Waals surface area contributed by atoms with Crippen LogP contribution in [-0.4, -0.2) is 21.4 Å². The molecule has 0 saturated heterocycles. The number of benzene rings is 3. The number of para-hydroxylation sites is 1. The predicted molar refractivity (Wildman–Crippen MR) is 124 cm³/mol. The lowest BCUT2D eigenvalue weighted by Crippen LogP contribution is -2.28. The molecule has 1 N–H and O–H groups in total. The van der Waals surface area contributed by atoms with Crippen molar-refractivity contribution in [3.05, 3.63) is 82.3 Å². The zero-order valence-corrected chi connectivity index (χ0v) is 18.2. The van der Waals surface area contributed by atoms with Gasteiger partial charge in [0.2, 0.25) is 5.91 Å². The highest BCUT2D eigenvalue weighted by Gasteiger charge is 2.13. The summed E-state index contributed by atoms with van der Waals surface area (Å²) >= 11 is 8.24. The highest BCUT2D eigenvalue weighted by molar-refractivity contribution is 8.01. The molecular weight excluding hydrogens is 418 g/mol. The van der Waals surface area contributed by atoms with Crippen LogP contribution in [0.1, 0.15) is 18.5 Å². The smallest absolute Gasteiger partial charge is 0.230 e. The molecule has 1 amide bonds. The van der Waals surface area contributed by atoms with E-state index in [9.17, 15) is 4.79 Å². The highest BCUT2D eigenvalue weighted by atomic mass is 32.2. The van der Waals surface area contributed by atoms with E-state index in [2.05, 4.69) is 40.7 Å². The normalized spacial score (nSPS) is 12.0. The van der Waals surface area contributed by atoms with E-state index in [4.69, 9.17) is 12.2 Å². The van der Waals surface area contributed by atoms with Crippen molar-refractivity contribution in [1.29, 1.82) is 0 Å². The van der Waals surface area contributed by atoms with Gasteiger partial charge in [-0.2, -0.15) is 0 Å². The third-order valence-electron chi connectivity index (χ3n) is 4.51. The average molecular weight is 438 g/mol. The van der Waals surface area contributed by atoms with Crippen LogP contribution in [0.2, 0.25) is 0 Å². The van der Waals surface area contributed by atoms with E-state index in [1.807, 2.05) is 49.4 Å². The molecule has 3 aromatic carbocycles. The van der Waals surface area contributed by atoms with Gasteiger partial charge in [-0.25, -0.2) is 4.68 Å². The van der Waals surface area contributed by atoms with Gasteiger partial charge in [-0.3, -0.25) is 4.79 Å². The van der Waals surface area contributed by atoms with Gasteiger partial charge in [0.05, 0.1) is 17.5 Å². The molecule has 4 rings (SSSR count). The fraction of sp³-hybridized carbons (Fsp3) is 0.136. The molecule has 4 aromatic rings. The first-order chi connectivity index (χ1) is 14.1. The van der Waals surface area contributed by atoms with Crippen LogP contribution < -0.4 is 5.32 Å². The van der Waals surface area contributed by atoms with Gasteiger partial charge in [0.15, 0.2) is 8.29 Å². The van der Waals surface area contributed by atoms with Crippen molar-refractivity contribution in [2.45, 2.75) is 17.3 Å². The quantitative estimate of drug-likeness (QED) is 0.306. The summed E-state index contributed by atoms with van der Waals surface area (Å²) in [5.41, 5.74) is 2.01. The predicted octanol–water partition coefficient (Wildman–Crippen LogP) is 5.79. The lowest BCUT2D eigenvalue weighted by molar-refractivity contribution is -0.119. The van der Waals surface area contributed by atoms with Gasteiger partial charge in [0.25, 0.3) is 0 Å². The molecule has 0 radical (unpaired) electrons. The van der Waals surface area contributed by atoms with Crippen LogP contribution in [-0.2, 0) is 4.79 Å². The molecular formula is C22H19N3OS3. The molecule has 0 spiro atoms. The molecule has 1 aromatic heterocycles. The Morgan fingerprint density at radius 2 is 1.83 bits per heavy atom. The number of carbonyl (C=O) groups excluding carboxylic acids is 1. The topological polar surface area (TPSA) is 46.9 Å². The second-order valence-electron chi connectivity index (χ2n) is 6.57. The minimum Gasteiger partial charge on any atom is -0.349 e. The van der Waals surface area contributed by atoms with Gasteiger partial charge in [-0.05, 0) is 53.7 Å². The Labute approximate surface area is 182 Å². The minimum absolute atomic E-state index is 0.0250. The molecule has 1 heterocycles. The summed E-state index contributed by atoms with van der Waals surface area (Å²) in [6.07, 6.45) is 0. The van der Waals surface area contributed by atoms with Crippen LogP contribution in [0.4, 0.5) is 0 Å². The van der Waals surface area contributed by atoms with Crippen LogP contribution in [0.5, 0.6) is 0 Å². The summed E-state index contributed by atoms with van der Waals surface area (Å²) in [5, 5.41) is 9.97. The average Bonchev–Trinajstić information content (AvgIpc) is 3.13. The maximum absolute atomic E-state index is 12.4. The molecule has 29 heavy (non-hydrogen) atoms. The lowest BCUT2D eigenvalue weighted by atomic mass is 10.0. The Kier molecular flexibility index (Phi) is 6.08. The van der Waals surface area contributed by atoms with Gasteiger partial charge >= 0.3 is 0 Å². The first-order valence-corrected chi connectivity index (χ1v) is 11.4. The summed E-state index contributed by atoms with van der Waals surface area (Å²) in [5.74, 6) is 0.276. The van der Waals surface area contributed by atoms with E-state index < -0.39 is 0 Å². The van der Waals surface area contributed by atoms with E-state index in [0.717, 1.165) is 15.6 Å². The molecule has 0 aliphatic heterocycles. The van der Waals surface area contributed by atoms with Gasteiger partial charge in [0.1, 0.15) is 0 Å². The molecule has 1 atom stereocenters. The zero-order valence-electron chi connectivity index (χ0n) is 15.7. The van der Waals surface area contributed by atoms with E-state index in [1.54, 1.807) is 4.68 Å². The van der Waals surface area contributed by atoms with Crippen LogP contribution >= 0.6 is 35.3 Å². The Bertz CT molecular complexity index is 1200. The van der Waals surface area contributed by atoms with Crippen molar-refractivity contribution in [1.82, 2.24) is 15.1 Å². The first kappa shape index (κ1) is 19.8. The van der Waals surface area contributed by atoms with Gasteiger partial charge in [0, 0.05) is 0 Å². The molecule has 0 aliphatic carbocycles. The lowest BCUT2D eigenvalue weighted by Gasteiger charge is -2.14. The van der Waals surface area contributed by atoms with E-state index in [0.29, 0.717) is 9.71 Å². The number of aromatic nitrogens is 2. The largest absolute Gasteiger partial charge is 0.349 e. The summed E-state index contributed by atoms with van der Waals surface area (Å²) < 4.78 is 3.19. The van der Waals surface area contributed by atoms with Crippen LogP contribution in [0.25, 0.3) is 16.5 Å². The number of nitrogens with one attached hydrogen (secondary N) is 1. The standard InChI is InChI=1S/C22H19N3OS3/c1-15(17-12-11-16-7-5-6-8-18(16)13-17)23-20(26)14-28-21-24-25(22(27)29-21)19-9-3-2-4-10-19/h2-13,15H,14H2,1H3,(H,23,26). The number of hydrogen-bond donors (Lipinski definition) is 1. The molecule has 146 valence electrons. The maximum Gasteiger partial charge on any atom is 0.230 e. The van der Waals surface area contributed by atoms with Crippen molar-refractivity contribution < 1.29 is 4.79 Å². The minimum atomic E-state index is -0.0623. The van der Waals surface area contributed by atoms with Crippen molar-refractivity contribution >= 4 is 52.0 Å². The van der Waals surface area contributed by atoms with Gasteiger partial charge in [-0.1, -0.05) is 77.7 Å². The Morgan fingerprint density at radius 3 is 2.62 bits per heavy atom. The number of rotatable bonds is 6. The van der Waals surface area contributed by atoms with E-state index >= 15 is 0 Å². The molecule has 0 bridgehead atoms. The molecule has 7 heteroatoms. The number of fused-ring (bicyclic) bond motifs is 1. The second-order valence-corrected chi connectivity index (χ2v) is 9.41. The van der Waals surface area contributed by atoms with Crippen molar-refractivity contribution in [2.75, 3.05) is 5.75 Å². The fourth-order valence-corrected chi connectivity index (χ4v) is 5.19. The van der Waals surface area contributed by atoms with Crippen LogP contribution in [0.3, 0.4) is 0 Å². The Morgan fingerprint density at radius 1 is 1.10 bits per heavy atom. The molecule has 4 nitrogen and oxygen atoms in total. The van der Waals surface area contributed by atoms with Crippen molar-refractivity contribution in [3.63, 3.8) is 0 Å². The first-order valence-electron chi connectivity index (χ1n) is 9.16. The highest BCUT2D eigenvalue weighted by Crippen LogP contribution is 2.25. The molecule has 0 saturated carbocycles. The monoisotopic (exact) mass is 437 g/mol. The van der Waals surface area contributed by atoms with Gasteiger partial charge in [-0.15, -0.1) is 5.10 Å². The number of thioether (sulfide) groups is 1. The molecule has 0 aliphatic rings. The van der Waals surface area contributed by atoms with E-state index in [1.165, 1.54) is 33.9 Å². The van der Waals surface area contributed by atoms with Crippen molar-refractivity contribution in [3.8, 4) is 5.69 Å².